The van der Waals surface area contributed by atoms with Gasteiger partial charge in [0.25, 0.3) is 0 Å². The zero-order valence-corrected chi connectivity index (χ0v) is 15.2. The maximum absolute atomic E-state index is 6.19. The molecule has 0 saturated carbocycles. The number of nitrogens with zero attached hydrogens (tertiary/aromatic N) is 1. The van der Waals surface area contributed by atoms with Gasteiger partial charge in [-0.25, -0.2) is 0 Å². The van der Waals surface area contributed by atoms with Crippen molar-refractivity contribution >= 4 is 22.9 Å². The molecule has 0 bridgehead atoms. The number of nitrogens with one attached hydrogen (secondary N) is 1. The average Bonchev–Trinajstić information content (AvgIpc) is 2.85. The maximum Gasteiger partial charge on any atom is 0.0934 e. The van der Waals surface area contributed by atoms with Crippen LogP contribution >= 0.6 is 22.9 Å². The second kappa shape index (κ2) is 8.52. The second-order valence-corrected chi connectivity index (χ2v) is 7.88. The van der Waals surface area contributed by atoms with E-state index >= 15 is 0 Å². The van der Waals surface area contributed by atoms with Gasteiger partial charge in [-0.3, -0.25) is 0 Å². The minimum Gasteiger partial charge on any atom is -0.307 e. The molecule has 0 fully saturated rings. The zero-order valence-electron chi connectivity index (χ0n) is 13.6. The number of hydrogen-bond acceptors (Lipinski definition) is 3. The highest BCUT2D eigenvalue weighted by atomic mass is 35.5. The van der Waals surface area contributed by atoms with E-state index in [9.17, 15) is 0 Å². The van der Waals surface area contributed by atoms with Crippen LogP contribution in [0, 0.1) is 0 Å². The normalized spacial score (nSPS) is 19.8. The summed E-state index contributed by atoms with van der Waals surface area (Å²) in [6.07, 6.45) is 6.27. The molecule has 0 aliphatic heterocycles. The van der Waals surface area contributed by atoms with Crippen LogP contribution in [0.15, 0.2) is 6.07 Å². The van der Waals surface area contributed by atoms with Gasteiger partial charge in [-0.1, -0.05) is 25.4 Å². The van der Waals surface area contributed by atoms with Gasteiger partial charge in [0.05, 0.1) is 4.34 Å². The molecule has 2 rings (SSSR count). The van der Waals surface area contributed by atoms with E-state index in [0.29, 0.717) is 12.1 Å². The molecule has 0 radical (unpaired) electrons. The SMILES string of the molecule is CCN(CC)CCCC(C)NC1CCCc2sc(Cl)cc21. The maximum atomic E-state index is 6.19. The Morgan fingerprint density at radius 2 is 2.19 bits per heavy atom. The van der Waals surface area contributed by atoms with Crippen molar-refractivity contribution in [1.29, 1.82) is 0 Å². The summed E-state index contributed by atoms with van der Waals surface area (Å²) >= 11 is 7.96. The summed E-state index contributed by atoms with van der Waals surface area (Å²) < 4.78 is 0.947. The summed E-state index contributed by atoms with van der Waals surface area (Å²) in [6.45, 7) is 10.4. The van der Waals surface area contributed by atoms with E-state index in [1.807, 2.05) is 0 Å². The topological polar surface area (TPSA) is 15.3 Å². The van der Waals surface area contributed by atoms with Crippen molar-refractivity contribution in [2.75, 3.05) is 19.6 Å². The molecule has 0 amide bonds. The van der Waals surface area contributed by atoms with Crippen LogP contribution < -0.4 is 5.32 Å². The number of rotatable bonds is 8. The van der Waals surface area contributed by atoms with E-state index in [1.165, 1.54) is 49.1 Å². The first-order valence-corrected chi connectivity index (χ1v) is 9.60. The molecule has 1 aromatic heterocycles. The van der Waals surface area contributed by atoms with Crippen LogP contribution in [0.2, 0.25) is 4.34 Å². The second-order valence-electron chi connectivity index (χ2n) is 6.11. The molecule has 21 heavy (non-hydrogen) atoms. The van der Waals surface area contributed by atoms with Gasteiger partial charge in [-0.05, 0) is 70.3 Å². The third-order valence-electron chi connectivity index (χ3n) is 4.58. The number of thiophene rings is 1. The molecule has 2 nitrogen and oxygen atoms in total. The third-order valence-corrected chi connectivity index (χ3v) is 5.91. The van der Waals surface area contributed by atoms with E-state index in [0.717, 1.165) is 17.4 Å². The molecular weight excluding hydrogens is 300 g/mol. The van der Waals surface area contributed by atoms with Crippen LogP contribution in [0.4, 0.5) is 0 Å². The molecule has 1 aliphatic carbocycles. The molecule has 1 aromatic rings. The molecule has 0 aromatic carbocycles. The minimum atomic E-state index is 0.515. The van der Waals surface area contributed by atoms with Crippen molar-refractivity contribution in [3.63, 3.8) is 0 Å². The van der Waals surface area contributed by atoms with Gasteiger partial charge < -0.3 is 10.2 Å². The summed E-state index contributed by atoms with van der Waals surface area (Å²) in [7, 11) is 0. The van der Waals surface area contributed by atoms with Crippen LogP contribution in [0.25, 0.3) is 0 Å². The Balaban J connectivity index is 1.79. The predicted octanol–water partition coefficient (Wildman–Crippen LogP) is 4.88. The first-order chi connectivity index (χ1) is 10.1. The monoisotopic (exact) mass is 328 g/mol. The summed E-state index contributed by atoms with van der Waals surface area (Å²) in [6, 6.07) is 3.28. The molecule has 0 saturated heterocycles. The standard InChI is InChI=1S/C17H29ClN2S/c1-4-20(5-2)11-7-8-13(3)19-15-9-6-10-16-14(15)12-17(18)21-16/h12-13,15,19H,4-11H2,1-3H3. The van der Waals surface area contributed by atoms with E-state index in [4.69, 9.17) is 11.6 Å². The zero-order chi connectivity index (χ0) is 15.2. The third kappa shape index (κ3) is 4.95. The molecule has 0 spiro atoms. The number of aryl methyl sites for hydroxylation is 1. The van der Waals surface area contributed by atoms with Crippen LogP contribution in [-0.4, -0.2) is 30.6 Å². The highest BCUT2D eigenvalue weighted by Gasteiger charge is 2.23. The first-order valence-electron chi connectivity index (χ1n) is 8.40. The molecule has 2 unspecified atom stereocenters. The van der Waals surface area contributed by atoms with Crippen molar-refractivity contribution in [2.24, 2.45) is 0 Å². The Morgan fingerprint density at radius 1 is 1.43 bits per heavy atom. The molecule has 1 N–H and O–H groups in total. The lowest BCUT2D eigenvalue weighted by atomic mass is 9.93. The summed E-state index contributed by atoms with van der Waals surface area (Å²) in [5, 5.41) is 3.83. The van der Waals surface area contributed by atoms with Crippen LogP contribution in [0.5, 0.6) is 0 Å². The Labute approximate surface area is 138 Å². The summed E-state index contributed by atoms with van der Waals surface area (Å²) in [4.78, 5) is 4.00. The smallest absolute Gasteiger partial charge is 0.0934 e. The molecular formula is C17H29ClN2S. The van der Waals surface area contributed by atoms with E-state index in [-0.39, 0.29) is 0 Å². The average molecular weight is 329 g/mol. The number of hydrogen-bond donors (Lipinski definition) is 1. The molecule has 1 aliphatic rings. The first kappa shape index (κ1) is 17.3. The fourth-order valence-electron chi connectivity index (χ4n) is 3.28. The van der Waals surface area contributed by atoms with Gasteiger partial charge in [0.15, 0.2) is 0 Å². The van der Waals surface area contributed by atoms with Crippen molar-refractivity contribution in [3.8, 4) is 0 Å². The molecule has 120 valence electrons. The fraction of sp³-hybridized carbons (Fsp3) is 0.765. The highest BCUT2D eigenvalue weighted by molar-refractivity contribution is 7.16. The van der Waals surface area contributed by atoms with Gasteiger partial charge in [0, 0.05) is 17.0 Å². The molecule has 4 heteroatoms. The van der Waals surface area contributed by atoms with Gasteiger partial charge in [0.1, 0.15) is 0 Å². The van der Waals surface area contributed by atoms with E-state index < -0.39 is 0 Å². The number of fused-ring (bicyclic) bond motifs is 1. The highest BCUT2D eigenvalue weighted by Crippen LogP contribution is 2.38. The summed E-state index contributed by atoms with van der Waals surface area (Å²) in [5.41, 5.74) is 1.46. The lowest BCUT2D eigenvalue weighted by molar-refractivity contribution is 0.286. The van der Waals surface area contributed by atoms with Crippen LogP contribution in [0.3, 0.4) is 0 Å². The van der Waals surface area contributed by atoms with Gasteiger partial charge in [-0.2, -0.15) is 0 Å². The Morgan fingerprint density at radius 3 is 2.90 bits per heavy atom. The van der Waals surface area contributed by atoms with Crippen molar-refractivity contribution < 1.29 is 0 Å². The number of halogens is 1. The fourth-order valence-corrected chi connectivity index (χ4v) is 4.67. The Kier molecular flexibility index (Phi) is 7.00. The van der Waals surface area contributed by atoms with Crippen molar-refractivity contribution in [1.82, 2.24) is 10.2 Å². The lowest BCUT2D eigenvalue weighted by Gasteiger charge is -2.27. The van der Waals surface area contributed by atoms with Crippen LogP contribution in [-0.2, 0) is 6.42 Å². The van der Waals surface area contributed by atoms with Gasteiger partial charge in [0.2, 0.25) is 0 Å². The van der Waals surface area contributed by atoms with Gasteiger partial charge in [-0.15, -0.1) is 11.3 Å². The van der Waals surface area contributed by atoms with E-state index in [2.05, 4.69) is 37.1 Å². The lowest BCUT2D eigenvalue weighted by Crippen LogP contribution is -2.33. The predicted molar refractivity (Wildman–Crippen MR) is 94.6 cm³/mol. The van der Waals surface area contributed by atoms with Gasteiger partial charge >= 0.3 is 0 Å². The molecule has 1 heterocycles. The quantitative estimate of drug-likeness (QED) is 0.731. The van der Waals surface area contributed by atoms with E-state index in [1.54, 1.807) is 11.3 Å². The largest absolute Gasteiger partial charge is 0.307 e. The van der Waals surface area contributed by atoms with Crippen LogP contribution in [0.1, 0.15) is 62.9 Å². The van der Waals surface area contributed by atoms with Crippen molar-refractivity contribution in [2.45, 2.75) is 65.0 Å². The van der Waals surface area contributed by atoms with Crippen molar-refractivity contribution in [3.05, 3.63) is 20.8 Å². The Bertz CT molecular complexity index is 428. The molecule has 2 atom stereocenters. The minimum absolute atomic E-state index is 0.515. The summed E-state index contributed by atoms with van der Waals surface area (Å²) in [5.74, 6) is 0. The Hall–Kier alpha value is -0.0900.